The summed E-state index contributed by atoms with van der Waals surface area (Å²) in [6, 6.07) is -3.55. The van der Waals surface area contributed by atoms with Gasteiger partial charge in [-0.1, -0.05) is 0 Å². The Morgan fingerprint density at radius 2 is 0.839 bits per heavy atom. The second kappa shape index (κ2) is 21.6. The van der Waals surface area contributed by atoms with Gasteiger partial charge in [0.1, 0.15) is 79.3 Å². The van der Waals surface area contributed by atoms with E-state index >= 15 is 0 Å². The smallest absolute Gasteiger partial charge is 0.285 e. The molecule has 20 unspecified atom stereocenters. The van der Waals surface area contributed by atoms with Crippen LogP contribution < -0.4 is 21.3 Å². The lowest BCUT2D eigenvalue weighted by atomic mass is 9.92. The molecule has 0 spiro atoms. The summed E-state index contributed by atoms with van der Waals surface area (Å²) in [6.07, 6.45) is -16.4. The third kappa shape index (κ3) is 11.9. The van der Waals surface area contributed by atoms with Crippen LogP contribution in [0.2, 0.25) is 0 Å². The molecule has 6 aliphatic heterocycles. The topological polar surface area (TPSA) is 368 Å². The largest absolute Gasteiger partial charge is 0.394 e. The number of hydrogen-bond donors (Lipinski definition) is 12. The van der Waals surface area contributed by atoms with E-state index in [0.29, 0.717) is 0 Å². The van der Waals surface area contributed by atoms with Crippen LogP contribution in [0.1, 0.15) is 41.5 Å². The van der Waals surface area contributed by atoms with E-state index in [4.69, 9.17) is 57.4 Å². The Hall–Kier alpha value is -1.94. The van der Waals surface area contributed by atoms with Gasteiger partial charge < -0.3 is 89.4 Å². The van der Waals surface area contributed by atoms with E-state index in [2.05, 4.69) is 21.3 Å². The van der Waals surface area contributed by atoms with Crippen molar-refractivity contribution in [3.05, 3.63) is 0 Å². The summed E-state index contributed by atoms with van der Waals surface area (Å²) in [6.45, 7) is 7.23. The van der Waals surface area contributed by atoms with E-state index in [9.17, 15) is 50.4 Å². The summed E-state index contributed by atoms with van der Waals surface area (Å²) in [5, 5.41) is 93.4. The van der Waals surface area contributed by atoms with Gasteiger partial charge >= 0.3 is 0 Å². The highest BCUT2D eigenvalue weighted by atomic mass is 17.4. The molecule has 6 heterocycles. The first-order chi connectivity index (χ1) is 29.3. The molecule has 6 aliphatic rings. The first kappa shape index (κ1) is 51.1. The van der Waals surface area contributed by atoms with Crippen molar-refractivity contribution < 1.29 is 108 Å². The highest BCUT2D eigenvalue weighted by Crippen LogP contribution is 2.36. The van der Waals surface area contributed by atoms with Gasteiger partial charge in [0.05, 0.1) is 56.8 Å². The third-order valence-electron chi connectivity index (χ3n) is 11.4. The van der Waals surface area contributed by atoms with Gasteiger partial charge in [0.2, 0.25) is 11.8 Å². The fraction of sp³-hybridized carbons (Fsp3) is 0.944. The third-order valence-corrected chi connectivity index (χ3v) is 11.4. The van der Waals surface area contributed by atoms with Gasteiger partial charge in [-0.05, 0) is 13.8 Å². The van der Waals surface area contributed by atoms with Crippen LogP contribution in [0.5, 0.6) is 0 Å². The minimum absolute atomic E-state index is 0.389. The van der Waals surface area contributed by atoms with Crippen molar-refractivity contribution in [2.75, 3.05) is 40.6 Å². The maximum atomic E-state index is 11.7. The predicted octanol–water partition coefficient (Wildman–Crippen LogP) is -6.59. The predicted molar refractivity (Wildman–Crippen MR) is 200 cm³/mol. The number of amides is 2. The summed E-state index contributed by atoms with van der Waals surface area (Å²) in [4.78, 5) is 42.7. The highest BCUT2D eigenvalue weighted by Gasteiger charge is 2.57. The Morgan fingerprint density at radius 1 is 0.516 bits per heavy atom. The molecule has 26 nitrogen and oxygen atoms in total. The number of nitrogens with one attached hydrogen (secondary N) is 4. The monoisotopic (exact) mass is 904 g/mol. The van der Waals surface area contributed by atoms with Crippen LogP contribution in [-0.4, -0.2) is 227 Å². The first-order valence-corrected chi connectivity index (χ1v) is 20.2. The van der Waals surface area contributed by atoms with Crippen molar-refractivity contribution in [1.82, 2.24) is 21.3 Å². The second-order valence-corrected chi connectivity index (χ2v) is 16.2. The Morgan fingerprint density at radius 3 is 1.23 bits per heavy atom. The van der Waals surface area contributed by atoms with Gasteiger partial charge in [0, 0.05) is 41.9 Å². The zero-order valence-electron chi connectivity index (χ0n) is 35.7. The SMILES string of the molecule is COC1C(CO)OC(OC2C(CO)OC(C)C(NC(C)=O)C2O)C(NC(C)=O)C1O.COC1C(CO)OC(OC2C(CO)OC(C)C(NC3(C)OO3)C2O)C(NC2(C)OO2)C1O. The zero-order chi connectivity index (χ0) is 45.8. The van der Waals surface area contributed by atoms with E-state index < -0.39 is 166 Å². The summed E-state index contributed by atoms with van der Waals surface area (Å²) >= 11 is 0. The van der Waals surface area contributed by atoms with Crippen LogP contribution >= 0.6 is 0 Å². The van der Waals surface area contributed by atoms with Crippen LogP contribution in [0, 0.1) is 0 Å². The van der Waals surface area contributed by atoms with Gasteiger partial charge in [-0.2, -0.15) is 19.6 Å². The normalized spacial score (nSPS) is 44.6. The minimum atomic E-state index is -1.31. The van der Waals surface area contributed by atoms with Gasteiger partial charge in [-0.15, -0.1) is 0 Å². The molecule has 6 fully saturated rings. The first-order valence-electron chi connectivity index (χ1n) is 20.2. The van der Waals surface area contributed by atoms with Crippen molar-refractivity contribution in [2.45, 2.75) is 176 Å². The number of hydrogen-bond acceptors (Lipinski definition) is 24. The second-order valence-electron chi connectivity index (χ2n) is 16.2. The quantitative estimate of drug-likeness (QED) is 0.0506. The fourth-order valence-electron chi connectivity index (χ4n) is 8.18. The number of methoxy groups -OCH3 is 2. The van der Waals surface area contributed by atoms with Crippen molar-refractivity contribution >= 4 is 11.8 Å². The number of ether oxygens (including phenoxy) is 8. The lowest BCUT2D eigenvalue weighted by molar-refractivity contribution is -0.318. The molecule has 0 bridgehead atoms. The number of carbonyl (C=O) groups excluding carboxylic acids is 2. The molecule has 360 valence electrons. The van der Waals surface area contributed by atoms with Crippen molar-refractivity contribution in [3.63, 3.8) is 0 Å². The van der Waals surface area contributed by atoms with Crippen LogP contribution in [0.25, 0.3) is 0 Å². The van der Waals surface area contributed by atoms with E-state index in [1.54, 1.807) is 27.7 Å². The summed E-state index contributed by atoms with van der Waals surface area (Å²) in [5.74, 6) is -3.10. The summed E-state index contributed by atoms with van der Waals surface area (Å²) in [5.41, 5.74) is 0. The molecular formula is C36H64N4O22. The summed E-state index contributed by atoms with van der Waals surface area (Å²) < 4.78 is 45.5. The Kier molecular flexibility index (Phi) is 17.8. The molecule has 0 aliphatic carbocycles. The molecule has 0 radical (unpaired) electrons. The molecule has 20 atom stereocenters. The van der Waals surface area contributed by atoms with Gasteiger partial charge in [-0.3, -0.25) is 20.2 Å². The van der Waals surface area contributed by atoms with Crippen LogP contribution in [0.3, 0.4) is 0 Å². The van der Waals surface area contributed by atoms with Gasteiger partial charge in [0.15, 0.2) is 12.6 Å². The molecule has 26 heteroatoms. The lowest BCUT2D eigenvalue weighted by Gasteiger charge is -2.48. The van der Waals surface area contributed by atoms with Gasteiger partial charge in [0.25, 0.3) is 11.8 Å². The van der Waals surface area contributed by atoms with Crippen LogP contribution in [-0.2, 0) is 67.0 Å². The molecule has 0 aromatic rings. The van der Waals surface area contributed by atoms with Crippen molar-refractivity contribution in [2.24, 2.45) is 0 Å². The molecule has 12 N–H and O–H groups in total. The summed E-state index contributed by atoms with van der Waals surface area (Å²) in [7, 11) is 2.70. The number of aliphatic hydroxyl groups is 8. The molecule has 6 rings (SSSR count). The van der Waals surface area contributed by atoms with Gasteiger partial charge in [-0.25, -0.2) is 0 Å². The molecule has 6 saturated heterocycles. The molecule has 62 heavy (non-hydrogen) atoms. The number of aliphatic hydroxyl groups excluding tert-OH is 8. The standard InChI is InChI=1S/C18H32N2O12.C18H32N2O10/c1-7-10(19-17(2)29-30-17)12(23)15(9(6-22)26-7)28-16-11(20-18(3)31-32-18)13(24)14(25-4)8(5-21)27-16;1-7-12(19-8(2)23)14(25)17(11(6-22)28-7)30-18-13(20-9(3)24)15(26)16(27-4)10(5-21)29-18/h7-16,19-24H,5-6H2,1-4H3;7,10-18,21-22,25-26H,5-6H2,1-4H3,(H,19,23)(H,20,24). The average molecular weight is 905 g/mol. The molecule has 2 amide bonds. The lowest BCUT2D eigenvalue weighted by Crippen LogP contribution is -2.69. The van der Waals surface area contributed by atoms with Crippen LogP contribution in [0.15, 0.2) is 0 Å². The fourth-order valence-corrected chi connectivity index (χ4v) is 8.18. The molecular weight excluding hydrogens is 840 g/mol. The molecule has 0 aromatic heterocycles. The van der Waals surface area contributed by atoms with E-state index in [-0.39, 0.29) is 5.91 Å². The van der Waals surface area contributed by atoms with Crippen molar-refractivity contribution in [1.29, 1.82) is 0 Å². The number of rotatable bonds is 16. The molecule has 0 aromatic carbocycles. The Balaban J connectivity index is 0.000000235. The Bertz CT molecular complexity index is 1450. The van der Waals surface area contributed by atoms with E-state index in [1.165, 1.54) is 28.1 Å². The maximum Gasteiger partial charge on any atom is 0.285 e. The number of carbonyl (C=O) groups is 2. The highest BCUT2D eigenvalue weighted by molar-refractivity contribution is 5.73. The zero-order valence-corrected chi connectivity index (χ0v) is 35.7. The van der Waals surface area contributed by atoms with Crippen LogP contribution in [0.4, 0.5) is 0 Å². The molecule has 0 saturated carbocycles. The van der Waals surface area contributed by atoms with E-state index in [0.717, 1.165) is 0 Å². The maximum absolute atomic E-state index is 11.7. The average Bonchev–Trinajstić information content (AvgIpc) is 4.16. The van der Waals surface area contributed by atoms with Crippen molar-refractivity contribution in [3.8, 4) is 0 Å². The Labute approximate surface area is 357 Å². The van der Waals surface area contributed by atoms with E-state index in [1.807, 2.05) is 0 Å². The minimum Gasteiger partial charge on any atom is -0.394 e.